The molecule has 5 rings (SSSR count). The van der Waals surface area contributed by atoms with Gasteiger partial charge in [-0.3, -0.25) is 9.79 Å². The number of fused-ring (bicyclic) bond motifs is 1. The second-order valence-corrected chi connectivity index (χ2v) is 10.8. The van der Waals surface area contributed by atoms with E-state index in [0.29, 0.717) is 53.0 Å². The fourth-order valence-electron chi connectivity index (χ4n) is 4.31. The van der Waals surface area contributed by atoms with Crippen molar-refractivity contribution in [2.75, 3.05) is 6.61 Å². The van der Waals surface area contributed by atoms with E-state index in [0.717, 1.165) is 35.5 Å². The van der Waals surface area contributed by atoms with E-state index in [9.17, 15) is 9.59 Å². The molecule has 0 spiro atoms. The summed E-state index contributed by atoms with van der Waals surface area (Å²) >= 11 is 6.43. The van der Waals surface area contributed by atoms with E-state index in [1.807, 2.05) is 26.8 Å². The molecule has 1 N–H and O–H groups in total. The van der Waals surface area contributed by atoms with E-state index >= 15 is 0 Å². The number of esters is 1. The number of aliphatic imine (C=N–C) groups is 1. The largest absolute Gasteiger partial charge is 0.462 e. The summed E-state index contributed by atoms with van der Waals surface area (Å²) in [7, 11) is 0. The summed E-state index contributed by atoms with van der Waals surface area (Å²) < 4.78 is 7.20. The molecule has 0 saturated heterocycles. The fraction of sp³-hybridized carbons (Fsp3) is 0.345. The number of nitrogens with one attached hydrogen (secondary N) is 1. The van der Waals surface area contributed by atoms with Crippen LogP contribution in [-0.2, 0) is 11.2 Å². The molecule has 1 aliphatic carbocycles. The minimum atomic E-state index is -0.654. The third-order valence-electron chi connectivity index (χ3n) is 6.71. The van der Waals surface area contributed by atoms with Gasteiger partial charge in [-0.2, -0.15) is 5.10 Å². The van der Waals surface area contributed by atoms with Crippen LogP contribution < -0.4 is 5.32 Å². The third-order valence-corrected chi connectivity index (χ3v) is 7.00. The molecule has 0 atom stereocenters. The molecule has 0 bridgehead atoms. The molecule has 38 heavy (non-hydrogen) atoms. The quantitative estimate of drug-likeness (QED) is 0.303. The van der Waals surface area contributed by atoms with Crippen LogP contribution in [-0.4, -0.2) is 44.5 Å². The Morgan fingerprint density at radius 1 is 1.26 bits per heavy atom. The van der Waals surface area contributed by atoms with E-state index in [4.69, 9.17) is 21.3 Å². The van der Waals surface area contributed by atoms with Crippen molar-refractivity contribution in [1.82, 2.24) is 20.1 Å². The lowest BCUT2D eigenvalue weighted by Crippen LogP contribution is -2.41. The summed E-state index contributed by atoms with van der Waals surface area (Å²) in [6, 6.07) is 8.82. The number of rotatable bonds is 8. The molecule has 8 nitrogen and oxygen atoms in total. The highest BCUT2D eigenvalue weighted by Gasteiger charge is 2.28. The Morgan fingerprint density at radius 2 is 2.05 bits per heavy atom. The first kappa shape index (κ1) is 25.9. The summed E-state index contributed by atoms with van der Waals surface area (Å²) in [4.78, 5) is 35.7. The Morgan fingerprint density at radius 3 is 2.76 bits per heavy atom. The zero-order chi connectivity index (χ0) is 27.0. The number of benzene rings is 1. The minimum absolute atomic E-state index is 0.312. The van der Waals surface area contributed by atoms with Gasteiger partial charge in [-0.1, -0.05) is 17.7 Å². The van der Waals surface area contributed by atoms with Gasteiger partial charge in [0, 0.05) is 6.20 Å². The predicted molar refractivity (Wildman–Crippen MR) is 147 cm³/mol. The average Bonchev–Trinajstić information content (AvgIpc) is 3.65. The molecule has 1 aromatic carbocycles. The fourth-order valence-corrected chi connectivity index (χ4v) is 4.51. The second kappa shape index (κ2) is 10.2. The first-order valence-electron chi connectivity index (χ1n) is 12.7. The normalized spacial score (nSPS) is 14.9. The van der Waals surface area contributed by atoms with Gasteiger partial charge in [-0.25, -0.2) is 14.5 Å². The summed E-state index contributed by atoms with van der Waals surface area (Å²) in [6.07, 6.45) is 6.66. The molecule has 196 valence electrons. The smallest absolute Gasteiger partial charge is 0.338 e. The van der Waals surface area contributed by atoms with Crippen molar-refractivity contribution in [1.29, 1.82) is 0 Å². The van der Waals surface area contributed by atoms with Gasteiger partial charge in [0.2, 0.25) is 0 Å². The number of aromatic nitrogens is 3. The van der Waals surface area contributed by atoms with Gasteiger partial charge < -0.3 is 10.1 Å². The van der Waals surface area contributed by atoms with Crippen LogP contribution in [0.5, 0.6) is 0 Å². The Kier molecular flexibility index (Phi) is 6.92. The topological polar surface area (TPSA) is 98.5 Å². The van der Waals surface area contributed by atoms with Gasteiger partial charge in [0.15, 0.2) is 5.82 Å². The van der Waals surface area contributed by atoms with Crippen LogP contribution in [0.1, 0.15) is 70.8 Å². The number of ether oxygens (including phenoxy) is 1. The molecule has 3 aromatic rings. The van der Waals surface area contributed by atoms with Crippen molar-refractivity contribution in [2.24, 2.45) is 10.9 Å². The number of halogens is 1. The lowest BCUT2D eigenvalue weighted by atomic mass is 9.93. The van der Waals surface area contributed by atoms with Crippen LogP contribution in [0, 0.1) is 12.8 Å². The molecule has 1 fully saturated rings. The summed E-state index contributed by atoms with van der Waals surface area (Å²) in [5.41, 5.74) is 3.64. The lowest BCUT2D eigenvalue weighted by molar-refractivity contribution is 0.0486. The van der Waals surface area contributed by atoms with Crippen LogP contribution in [0.15, 0.2) is 54.2 Å². The third kappa shape index (κ3) is 5.41. The first-order valence-corrected chi connectivity index (χ1v) is 13.1. The molecule has 1 saturated carbocycles. The number of hydrogen-bond donors (Lipinski definition) is 1. The van der Waals surface area contributed by atoms with Crippen LogP contribution in [0.4, 0.5) is 5.69 Å². The van der Waals surface area contributed by atoms with Crippen LogP contribution in [0.3, 0.4) is 0 Å². The van der Waals surface area contributed by atoms with Crippen molar-refractivity contribution >= 4 is 34.9 Å². The molecule has 1 amide bonds. The predicted octanol–water partition coefficient (Wildman–Crippen LogP) is 5.56. The number of aryl methyl sites for hydroxylation is 2. The number of amides is 1. The van der Waals surface area contributed by atoms with Gasteiger partial charge in [-0.05, 0) is 88.3 Å². The standard InChI is InChI=1S/C29H30ClN5O3/c1-5-29(3,4)33-27(36)21-15-20(28(37)38-16-18-8-9-18)14-19-10-11-23(32-25(19)21)24-13-17(2)34-35(24)26-22(30)7-6-12-31-26/h5-7,12-15,18H,1,8-11,16H2,2-4H3,(H,33,36). The van der Waals surface area contributed by atoms with Gasteiger partial charge in [-0.15, -0.1) is 6.58 Å². The van der Waals surface area contributed by atoms with Gasteiger partial charge in [0.1, 0.15) is 0 Å². The SMILES string of the molecule is C=CC(C)(C)NC(=O)c1cc(C(=O)OCC2CC2)cc2c1N=C(c1cc(C)nn1-c1ncccc1Cl)CC2. The number of pyridine rings is 1. The van der Waals surface area contributed by atoms with Gasteiger partial charge >= 0.3 is 5.97 Å². The number of carbonyl (C=O) groups excluding carboxylic acids is 2. The van der Waals surface area contributed by atoms with Crippen molar-refractivity contribution in [2.45, 2.75) is 52.0 Å². The van der Waals surface area contributed by atoms with E-state index < -0.39 is 11.5 Å². The zero-order valence-corrected chi connectivity index (χ0v) is 22.5. The highest BCUT2D eigenvalue weighted by molar-refractivity contribution is 6.32. The van der Waals surface area contributed by atoms with E-state index in [1.165, 1.54) is 0 Å². The Hall–Kier alpha value is -3.78. The van der Waals surface area contributed by atoms with Crippen molar-refractivity contribution < 1.29 is 14.3 Å². The van der Waals surface area contributed by atoms with Crippen molar-refractivity contribution in [3.05, 3.63) is 82.3 Å². The monoisotopic (exact) mass is 531 g/mol. The Bertz CT molecular complexity index is 1470. The van der Waals surface area contributed by atoms with E-state index in [1.54, 1.807) is 41.2 Å². The molecule has 9 heteroatoms. The van der Waals surface area contributed by atoms with Crippen LogP contribution >= 0.6 is 11.6 Å². The average molecular weight is 532 g/mol. The van der Waals surface area contributed by atoms with Crippen molar-refractivity contribution in [3.8, 4) is 5.82 Å². The van der Waals surface area contributed by atoms with Crippen molar-refractivity contribution in [3.63, 3.8) is 0 Å². The summed E-state index contributed by atoms with van der Waals surface area (Å²) in [5, 5.41) is 8.05. The molecule has 1 aliphatic heterocycles. The van der Waals surface area contributed by atoms with E-state index in [2.05, 4.69) is 22.0 Å². The number of hydrogen-bond acceptors (Lipinski definition) is 6. The molecule has 3 heterocycles. The highest BCUT2D eigenvalue weighted by Crippen LogP contribution is 2.35. The Labute approximate surface area is 226 Å². The lowest BCUT2D eigenvalue weighted by Gasteiger charge is -2.24. The summed E-state index contributed by atoms with van der Waals surface area (Å²) in [5.74, 6) is 0.182. The number of carbonyl (C=O) groups is 2. The maximum absolute atomic E-state index is 13.5. The molecule has 2 aliphatic rings. The molecule has 2 aromatic heterocycles. The Balaban J connectivity index is 1.58. The van der Waals surface area contributed by atoms with E-state index in [-0.39, 0.29) is 5.91 Å². The van der Waals surface area contributed by atoms with Gasteiger partial charge in [0.25, 0.3) is 5.91 Å². The maximum atomic E-state index is 13.5. The van der Waals surface area contributed by atoms with Crippen LogP contribution in [0.25, 0.3) is 5.82 Å². The second-order valence-electron chi connectivity index (χ2n) is 10.4. The maximum Gasteiger partial charge on any atom is 0.338 e. The van der Waals surface area contributed by atoms with Gasteiger partial charge in [0.05, 0.1) is 51.1 Å². The first-order chi connectivity index (χ1) is 18.1. The molecular formula is C29H30ClN5O3. The highest BCUT2D eigenvalue weighted by atomic mass is 35.5. The summed E-state index contributed by atoms with van der Waals surface area (Å²) in [6.45, 7) is 9.82. The molecule has 0 unspecified atom stereocenters. The molecule has 0 radical (unpaired) electrons. The number of nitrogens with zero attached hydrogens (tertiary/aromatic N) is 4. The minimum Gasteiger partial charge on any atom is -0.462 e. The zero-order valence-electron chi connectivity index (χ0n) is 21.8. The van der Waals surface area contributed by atoms with Crippen LogP contribution in [0.2, 0.25) is 5.02 Å². The molecular weight excluding hydrogens is 502 g/mol.